The first-order valence-corrected chi connectivity index (χ1v) is 4.80. The smallest absolute Gasteiger partial charge is 0.336 e. The predicted molar refractivity (Wildman–Crippen MR) is 58.7 cm³/mol. The topological polar surface area (TPSA) is 63.6 Å². The van der Waals surface area contributed by atoms with Crippen LogP contribution in [0.4, 0.5) is 0 Å². The molecule has 1 aromatic carbocycles. The third-order valence-electron chi connectivity index (χ3n) is 2.63. The van der Waals surface area contributed by atoms with E-state index in [4.69, 9.17) is 8.83 Å². The van der Waals surface area contributed by atoms with Gasteiger partial charge in [0, 0.05) is 11.5 Å². The van der Waals surface area contributed by atoms with Gasteiger partial charge < -0.3 is 13.9 Å². The van der Waals surface area contributed by atoms with E-state index in [9.17, 15) is 9.90 Å². The second-order valence-electron chi connectivity index (χ2n) is 3.68. The Kier molecular flexibility index (Phi) is 1.63. The van der Waals surface area contributed by atoms with Gasteiger partial charge >= 0.3 is 5.63 Å². The Hall–Kier alpha value is -2.23. The monoisotopic (exact) mass is 216 g/mol. The molecule has 2 heterocycles. The van der Waals surface area contributed by atoms with Crippen LogP contribution in [0.25, 0.3) is 21.9 Å². The number of aromatic hydroxyl groups is 1. The molecule has 0 atom stereocenters. The van der Waals surface area contributed by atoms with Crippen molar-refractivity contribution in [3.8, 4) is 5.75 Å². The fraction of sp³-hybridized carbons (Fsp3) is 0.0833. The summed E-state index contributed by atoms with van der Waals surface area (Å²) in [5, 5.41) is 10.9. The Balaban J connectivity index is 2.69. The summed E-state index contributed by atoms with van der Waals surface area (Å²) in [6.07, 6.45) is 1.23. The van der Waals surface area contributed by atoms with E-state index in [1.807, 2.05) is 6.92 Å². The van der Waals surface area contributed by atoms with Gasteiger partial charge in [-0.2, -0.15) is 0 Å². The number of fused-ring (bicyclic) bond motifs is 3. The summed E-state index contributed by atoms with van der Waals surface area (Å²) >= 11 is 0. The zero-order valence-corrected chi connectivity index (χ0v) is 8.48. The van der Waals surface area contributed by atoms with E-state index in [-0.39, 0.29) is 5.75 Å². The minimum atomic E-state index is -0.432. The van der Waals surface area contributed by atoms with Crippen LogP contribution < -0.4 is 5.63 Å². The van der Waals surface area contributed by atoms with Gasteiger partial charge in [-0.05, 0) is 24.6 Å². The van der Waals surface area contributed by atoms with Crippen molar-refractivity contribution in [1.82, 2.24) is 0 Å². The third-order valence-corrected chi connectivity index (χ3v) is 2.63. The number of furan rings is 1. The fourth-order valence-corrected chi connectivity index (χ4v) is 1.88. The lowest BCUT2D eigenvalue weighted by molar-refractivity contribution is 0.464. The van der Waals surface area contributed by atoms with Crippen LogP contribution >= 0.6 is 0 Å². The summed E-state index contributed by atoms with van der Waals surface area (Å²) in [4.78, 5) is 11.3. The molecule has 0 saturated carbocycles. The molecule has 0 aliphatic heterocycles. The van der Waals surface area contributed by atoms with Crippen LogP contribution in [0, 0.1) is 6.92 Å². The van der Waals surface area contributed by atoms with E-state index < -0.39 is 5.63 Å². The molecule has 16 heavy (non-hydrogen) atoms. The maximum atomic E-state index is 11.3. The molecule has 0 saturated heterocycles. The first-order valence-electron chi connectivity index (χ1n) is 4.80. The highest BCUT2D eigenvalue weighted by Gasteiger charge is 2.12. The van der Waals surface area contributed by atoms with E-state index in [0.29, 0.717) is 16.6 Å². The van der Waals surface area contributed by atoms with Gasteiger partial charge in [0.1, 0.15) is 17.2 Å². The average Bonchev–Trinajstić information content (AvgIpc) is 2.60. The number of rotatable bonds is 0. The number of aryl methyl sites for hydroxylation is 1. The van der Waals surface area contributed by atoms with E-state index in [2.05, 4.69) is 0 Å². The summed E-state index contributed by atoms with van der Waals surface area (Å²) < 4.78 is 10.2. The van der Waals surface area contributed by atoms with E-state index in [0.717, 1.165) is 10.9 Å². The van der Waals surface area contributed by atoms with Gasteiger partial charge in [-0.3, -0.25) is 0 Å². The maximum Gasteiger partial charge on any atom is 0.336 e. The van der Waals surface area contributed by atoms with Crippen molar-refractivity contribution in [2.45, 2.75) is 6.92 Å². The Labute approximate surface area is 89.7 Å². The lowest BCUT2D eigenvalue weighted by atomic mass is 10.1. The molecule has 0 unspecified atom stereocenters. The van der Waals surface area contributed by atoms with Crippen molar-refractivity contribution < 1.29 is 13.9 Å². The van der Waals surface area contributed by atoms with E-state index >= 15 is 0 Å². The van der Waals surface area contributed by atoms with Crippen molar-refractivity contribution in [2.75, 3.05) is 0 Å². The Bertz CT molecular complexity index is 749. The molecule has 1 N–H and O–H groups in total. The summed E-state index contributed by atoms with van der Waals surface area (Å²) in [5.41, 5.74) is 1.25. The van der Waals surface area contributed by atoms with Crippen LogP contribution in [-0.4, -0.2) is 5.11 Å². The van der Waals surface area contributed by atoms with Crippen molar-refractivity contribution in [2.24, 2.45) is 0 Å². The Morgan fingerprint density at radius 2 is 2.12 bits per heavy atom. The van der Waals surface area contributed by atoms with E-state index in [1.165, 1.54) is 12.3 Å². The lowest BCUT2D eigenvalue weighted by Gasteiger charge is -2.00. The third kappa shape index (κ3) is 1.07. The van der Waals surface area contributed by atoms with Gasteiger partial charge in [0.05, 0.1) is 0 Å². The van der Waals surface area contributed by atoms with Gasteiger partial charge in [0.15, 0.2) is 11.3 Å². The highest BCUT2D eigenvalue weighted by molar-refractivity contribution is 6.06. The number of hydrogen-bond acceptors (Lipinski definition) is 4. The maximum absolute atomic E-state index is 11.3. The summed E-state index contributed by atoms with van der Waals surface area (Å²) in [6, 6.07) is 4.97. The minimum Gasteiger partial charge on any atom is -0.504 e. The molecule has 0 aliphatic carbocycles. The molecular weight excluding hydrogens is 208 g/mol. The normalized spacial score (nSPS) is 11.3. The minimum absolute atomic E-state index is 0.0191. The van der Waals surface area contributed by atoms with Crippen LogP contribution in [-0.2, 0) is 0 Å². The molecule has 0 spiro atoms. The highest BCUT2D eigenvalue weighted by Crippen LogP contribution is 2.33. The first-order chi connectivity index (χ1) is 7.66. The quantitative estimate of drug-likeness (QED) is 0.586. The molecular formula is C12H8O4. The second-order valence-corrected chi connectivity index (χ2v) is 3.68. The molecule has 0 radical (unpaired) electrons. The molecule has 3 rings (SSSR count). The number of hydrogen-bond donors (Lipinski definition) is 1. The van der Waals surface area contributed by atoms with E-state index in [1.54, 1.807) is 12.1 Å². The largest absolute Gasteiger partial charge is 0.504 e. The SMILES string of the molecule is Cc1cc(=O)oc2c1ccc1occ(O)c12. The van der Waals surface area contributed by atoms with Gasteiger partial charge in [-0.1, -0.05) is 0 Å². The molecule has 4 heteroatoms. The summed E-state index contributed by atoms with van der Waals surface area (Å²) in [5.74, 6) is -0.0191. The van der Waals surface area contributed by atoms with Gasteiger partial charge in [-0.15, -0.1) is 0 Å². The van der Waals surface area contributed by atoms with Gasteiger partial charge in [0.25, 0.3) is 0 Å². The second kappa shape index (κ2) is 2.88. The molecule has 0 amide bonds. The standard InChI is InChI=1S/C12H8O4/c1-6-4-10(14)16-12-7(6)2-3-9-11(12)8(13)5-15-9/h2-5,13H,1H3. The van der Waals surface area contributed by atoms with Crippen molar-refractivity contribution in [3.63, 3.8) is 0 Å². The van der Waals surface area contributed by atoms with Crippen LogP contribution in [0.3, 0.4) is 0 Å². The highest BCUT2D eigenvalue weighted by atomic mass is 16.4. The fourth-order valence-electron chi connectivity index (χ4n) is 1.88. The molecule has 3 aromatic rings. The van der Waals surface area contributed by atoms with Crippen molar-refractivity contribution in [3.05, 3.63) is 40.4 Å². The Morgan fingerprint density at radius 3 is 2.94 bits per heavy atom. The van der Waals surface area contributed by atoms with Crippen molar-refractivity contribution >= 4 is 21.9 Å². The average molecular weight is 216 g/mol. The van der Waals surface area contributed by atoms with Crippen LogP contribution in [0.1, 0.15) is 5.56 Å². The molecule has 0 aliphatic rings. The zero-order valence-electron chi connectivity index (χ0n) is 8.48. The molecule has 4 nitrogen and oxygen atoms in total. The number of benzene rings is 1. The molecule has 80 valence electrons. The van der Waals surface area contributed by atoms with Crippen LogP contribution in [0.15, 0.2) is 38.1 Å². The summed E-state index contributed by atoms with van der Waals surface area (Å²) in [7, 11) is 0. The van der Waals surface area contributed by atoms with Crippen molar-refractivity contribution in [1.29, 1.82) is 0 Å². The van der Waals surface area contributed by atoms with Crippen LogP contribution in [0.5, 0.6) is 5.75 Å². The Morgan fingerprint density at radius 1 is 1.31 bits per heavy atom. The van der Waals surface area contributed by atoms with Gasteiger partial charge in [-0.25, -0.2) is 4.79 Å². The molecule has 0 fully saturated rings. The lowest BCUT2D eigenvalue weighted by Crippen LogP contribution is -1.97. The van der Waals surface area contributed by atoms with Gasteiger partial charge in [0.2, 0.25) is 0 Å². The van der Waals surface area contributed by atoms with Crippen LogP contribution in [0.2, 0.25) is 0 Å². The first kappa shape index (κ1) is 9.03. The molecule has 2 aromatic heterocycles. The predicted octanol–water partition coefficient (Wildman–Crippen LogP) is 2.55. The molecule has 0 bridgehead atoms. The zero-order chi connectivity index (χ0) is 11.3. The summed E-state index contributed by atoms with van der Waals surface area (Å²) in [6.45, 7) is 1.82.